The van der Waals surface area contributed by atoms with E-state index in [9.17, 15) is 39.0 Å². The predicted octanol–water partition coefficient (Wildman–Crippen LogP) is 7.31. The second-order valence-corrected chi connectivity index (χ2v) is 22.7. The zero-order valence-electron chi connectivity index (χ0n) is 88.8. The van der Waals surface area contributed by atoms with Gasteiger partial charge in [0.15, 0.2) is 11.6 Å². The minimum absolute atomic E-state index is 0. The van der Waals surface area contributed by atoms with Crippen molar-refractivity contribution in [2.75, 3.05) is 41.1 Å². The van der Waals surface area contributed by atoms with E-state index in [4.69, 9.17) is 42.6 Å². The van der Waals surface area contributed by atoms with Gasteiger partial charge in [0, 0.05) is 2410 Å². The molecule has 4 heterocycles. The summed E-state index contributed by atoms with van der Waals surface area (Å²) in [6.45, 7) is 16.4. The Kier molecular flexibility index (Phi) is 939. The van der Waals surface area contributed by atoms with E-state index in [0.29, 0.717) is 69.8 Å². The average molecular weight is 7470 g/mol. The van der Waals surface area contributed by atoms with Gasteiger partial charge in [-0.25, -0.2) is 9.59 Å². The largest absolute Gasteiger partial charge is 0.508 e. The summed E-state index contributed by atoms with van der Waals surface area (Å²) in [6, 6.07) is -1.19. The van der Waals surface area contributed by atoms with Gasteiger partial charge in [0.05, 0.1) is 24.9 Å². The number of methoxy groups -OCH3 is 3. The maximum absolute atomic E-state index is 14.6. The molecular formula is C58H89NO17Y72. The molecule has 0 aromatic heterocycles. The number of ether oxygens (including phenoxy) is 9. The third-order valence-corrected chi connectivity index (χ3v) is 16.2. The molecular weight excluding hydrogens is 7380 g/mol. The van der Waals surface area contributed by atoms with Gasteiger partial charge in [0.1, 0.15) is 49.0 Å². The van der Waals surface area contributed by atoms with Crippen LogP contribution in [-0.2, 0) is 2420 Å². The van der Waals surface area contributed by atoms with Gasteiger partial charge in [-0.1, -0.05) is 71.1 Å². The first-order valence-corrected chi connectivity index (χ1v) is 27.6. The maximum atomic E-state index is 14.6. The van der Waals surface area contributed by atoms with Crippen molar-refractivity contribution in [3.05, 3.63) is 47.6 Å². The molecule has 1 aliphatic carbocycles. The number of fused-ring (bicyclic) bond motifs is 3. The molecule has 5 aliphatic rings. The van der Waals surface area contributed by atoms with Gasteiger partial charge in [-0.15, -0.1) is 0 Å². The zero-order valence-corrected chi connectivity index (χ0v) is 293. The summed E-state index contributed by atoms with van der Waals surface area (Å²) in [6.07, 6.45) is 8.92. The van der Waals surface area contributed by atoms with Crippen LogP contribution in [0.15, 0.2) is 47.6 Å². The molecule has 4 aliphatic heterocycles. The van der Waals surface area contributed by atoms with E-state index in [-0.39, 0.29) is 2410 Å². The van der Waals surface area contributed by atoms with Crippen molar-refractivity contribution < 1.29 is 2440 Å². The number of piperidine rings is 1. The van der Waals surface area contributed by atoms with Crippen molar-refractivity contribution in [2.24, 2.45) is 35.5 Å². The van der Waals surface area contributed by atoms with E-state index in [1.54, 1.807) is 61.8 Å². The van der Waals surface area contributed by atoms with Crippen LogP contribution in [0.2, 0.25) is 0 Å². The Morgan fingerprint density at radius 2 is 0.824 bits per heavy atom. The number of allylic oxidation sites excluding steroid dienone is 6. The molecule has 16 atom stereocenters. The molecule has 1 saturated carbocycles. The number of Topliss-reactive ketones (excluding diaryl/α,β-unsaturated/α-hetero) is 3. The van der Waals surface area contributed by atoms with Crippen LogP contribution < -0.4 is 0 Å². The van der Waals surface area contributed by atoms with E-state index in [2.05, 4.69) is 0 Å². The summed E-state index contributed by atoms with van der Waals surface area (Å²) in [7, 11) is 4.48. The number of aliphatic hydroxyl groups excluding tert-OH is 1. The molecule has 644 valence electrons. The first kappa shape index (κ1) is 458. The summed E-state index contributed by atoms with van der Waals surface area (Å²) >= 11 is 0. The van der Waals surface area contributed by atoms with Crippen molar-refractivity contribution >= 4 is 35.4 Å². The summed E-state index contributed by atoms with van der Waals surface area (Å²) < 4.78 is 52.2. The molecule has 5 rings (SSSR count). The number of esters is 1. The van der Waals surface area contributed by atoms with Crippen LogP contribution in [0.4, 0.5) is 4.79 Å². The van der Waals surface area contributed by atoms with Crippen LogP contribution in [0.5, 0.6) is 0 Å². The van der Waals surface area contributed by atoms with Gasteiger partial charge in [0.2, 0.25) is 5.79 Å². The number of hydrogen-bond donors (Lipinski definition) is 2. The fourth-order valence-electron chi connectivity index (χ4n) is 11.4. The minimum atomic E-state index is -2.46. The van der Waals surface area contributed by atoms with Crippen LogP contribution in [0.3, 0.4) is 0 Å². The number of carbonyl (C=O) groups is 6. The summed E-state index contributed by atoms with van der Waals surface area (Å²) in [5, 5.41) is 23.6. The van der Waals surface area contributed by atoms with Gasteiger partial charge in [-0.3, -0.25) is 19.2 Å². The number of nitrogens with zero attached hydrogens (tertiary/aromatic N) is 1. The molecule has 0 aromatic rings. The molecule has 3 saturated heterocycles. The van der Waals surface area contributed by atoms with Crippen molar-refractivity contribution in [1.82, 2.24) is 4.90 Å². The Labute approximate surface area is 2710 Å². The van der Waals surface area contributed by atoms with Gasteiger partial charge in [0.25, 0.3) is 11.7 Å². The summed E-state index contributed by atoms with van der Waals surface area (Å²) in [4.78, 5) is 85.4. The molecule has 0 spiro atoms. The fraction of sp³-hybridized carbons (Fsp3) is 0.759. The third-order valence-electron chi connectivity index (χ3n) is 16.2. The maximum Gasteiger partial charge on any atom is 0.508 e. The van der Waals surface area contributed by atoms with Gasteiger partial charge in [-0.05, 0) is 121 Å². The van der Waals surface area contributed by atoms with E-state index in [1.165, 1.54) is 12.0 Å². The van der Waals surface area contributed by atoms with Gasteiger partial charge < -0.3 is 57.7 Å². The molecule has 2 N–H and O–H groups in total. The van der Waals surface area contributed by atoms with Crippen LogP contribution in [0.1, 0.15) is 139 Å². The quantitative estimate of drug-likeness (QED) is 0.131. The standard InChI is InChI=1S/C58H89NO17.72Y/c1-34-18-14-13-15-19-35(2)47(68-10)30-42-23-21-40(7)58(67,76-42)53(63)54(64)59-25-17-16-20-44(59)55(65)73-48(31-45(60)36(3)27-39(6)51(62)52(70-12)50(61)38(5)26-34)37(4)28-41-22-24-46(49(29-41)69-11)74-56(66)71-32-43-33-72-57(8,9)75-43;;;;;;;;;;;;;;;;;;;;;;;;;;;;;;;;;;;;;;;;;;;;;;;;;;;;;;;;;;;;;;;;;;;;;;;;/h13-15,18-19,27,34,36-38,40-44,46-49,51-52,62,67H,16-17,20-26,28-33H2,1-12H3;;;;;;;;;;;;;;;;;;;;;;;;;;;;;;;;;;;;;;;;;;;;;;;;;;;;;;;;;;;;;;;;;;;;;;;;/b15-13?,18-14+,35-19?,39-27+;;;;;;;;;;;;;;;;;;;;;;;;;;;;;;;;;;;;;;;;;;;;;;;;;;;;;;;;;;;;;;;;;;;;;;;;/t34-,36-,37-,38-,40-,41+,42?,43?,44?,46-,47+,48+,49-,51-,52+,58-;;;;;;;;;;;;;;;;;;;;;;;;;;;;;;;;;;;;;;;;;;;;;;;;;;;;;;;;;;;;;;;;;;;;;;;;/m1......................................................................../s1. The summed E-state index contributed by atoms with van der Waals surface area (Å²) in [5.74, 6) is -9.24. The number of rotatable bonds is 9. The number of aliphatic hydroxyl groups is 2. The van der Waals surface area contributed by atoms with E-state index >= 15 is 0 Å². The Balaban J connectivity index is -0.0000000135. The molecule has 1 amide bonds. The van der Waals surface area contributed by atoms with Crippen molar-refractivity contribution in [2.45, 2.75) is 206 Å². The number of ketones is 3. The average Bonchev–Trinajstić information content (AvgIpc) is 1.18. The third kappa shape index (κ3) is 223. The smallest absolute Gasteiger partial charge is 0.460 e. The number of hydrogen-bond acceptors (Lipinski definition) is 17. The van der Waals surface area contributed by atoms with Crippen LogP contribution in [0.25, 0.3) is 0 Å². The topological polar surface area (TPSA) is 229 Å². The second-order valence-electron chi connectivity index (χ2n) is 22.7. The zero-order chi connectivity index (χ0) is 56.1. The normalized spacial score (nSPS) is 19.4. The Bertz CT molecular complexity index is 2260. The molecule has 18 nitrogen and oxygen atoms in total. The number of carbonyl (C=O) groups excluding carboxylic acids is 6. The molecule has 90 heteroatoms. The molecule has 148 heavy (non-hydrogen) atoms. The molecule has 4 fully saturated rings. The first-order valence-electron chi connectivity index (χ1n) is 27.6. The predicted molar refractivity (Wildman–Crippen MR) is 280 cm³/mol. The van der Waals surface area contributed by atoms with Crippen LogP contribution in [-0.4, -0.2) is 158 Å². The summed E-state index contributed by atoms with van der Waals surface area (Å²) in [5.41, 5.74) is 1.23. The Morgan fingerprint density at radius 3 is 1.17 bits per heavy atom. The Hall–Kier alpha value is 75.3. The second kappa shape index (κ2) is 304. The van der Waals surface area contributed by atoms with E-state index in [1.807, 2.05) is 51.2 Å². The van der Waals surface area contributed by atoms with Crippen molar-refractivity contribution in [1.29, 1.82) is 0 Å². The van der Waals surface area contributed by atoms with Gasteiger partial charge in [-0.2, -0.15) is 0 Å². The first-order chi connectivity index (χ1) is 35.9. The fourth-order valence-corrected chi connectivity index (χ4v) is 11.4. The van der Waals surface area contributed by atoms with Crippen LogP contribution >= 0.6 is 0 Å². The monoisotopic (exact) mass is 7470 g/mol. The molecule has 72 radical (unpaired) electrons. The SMILES string of the molecule is CO[C@H]1CC2CC[C@@H](C)[C@@](O)(O2)C(=O)C(=O)N2CCCCC2C(=O)O[C@H]([C@H](C)C[C@@H]2CC[C@@H](OC(=O)OCC3COC(C)(C)O3)[C@H](OC)C2)CC(=O)[C@H](C)/C=C(\C)[C@@H](O)[C@@H](OC)C(=O)[C@H](C)C[C@H](C)/C=C/C=CC=C1C.[Y].[Y].[Y].[Y].[Y].[Y].[Y].[Y].[Y].[Y].[Y].[Y].[Y].[Y].[Y].[Y].[Y].[Y].[Y].[Y].[Y].[Y].[Y].[Y].[Y].[Y].[Y].[Y].[Y].[Y].[Y].[Y].[Y].[Y].[Y].[Y].[Y].[Y].[Y].[Y].[Y].[Y].[Y].[Y].[Y].[Y].[Y].[Y].[Y].[Y].[Y].[Y].[Y].[Y].[Y].[Y].[Y].[Y].[Y].[Y].[Y].[Y].[Y].[Y].[Y].[Y].[Y].[Y].[Y].[Y].[Y].[Y]. The van der Waals surface area contributed by atoms with Gasteiger partial charge >= 0.3 is 12.1 Å². The van der Waals surface area contributed by atoms with Crippen LogP contribution in [0, 0.1) is 35.5 Å². The minimum Gasteiger partial charge on any atom is -0.460 e. The number of cyclic esters (lactones) is 1. The van der Waals surface area contributed by atoms with E-state index < -0.39 is 114 Å². The number of amides is 1. The molecule has 3 unspecified atom stereocenters. The van der Waals surface area contributed by atoms with E-state index in [0.717, 1.165) is 5.57 Å². The Morgan fingerprint density at radius 1 is 0.446 bits per heavy atom. The molecule has 2 bridgehead atoms. The van der Waals surface area contributed by atoms with Crippen molar-refractivity contribution in [3.63, 3.8) is 0 Å². The van der Waals surface area contributed by atoms with Crippen molar-refractivity contribution in [3.8, 4) is 0 Å². The molecule has 0 aromatic carbocycles.